The number of aliphatic hydroxyl groups excluding tert-OH is 1. The maximum absolute atomic E-state index is 12.6. The zero-order valence-electron chi connectivity index (χ0n) is 14.4. The molecule has 0 saturated heterocycles. The SMILES string of the molecule is N#Cc1cccc(NC(=O)c2nccnc2NC[C@H]2CC[C@@H](O)CC2)c1. The Kier molecular flexibility index (Phi) is 5.77. The minimum atomic E-state index is -0.380. The molecule has 1 heterocycles. The van der Waals surface area contributed by atoms with Crippen molar-refractivity contribution in [3.05, 3.63) is 47.9 Å². The number of amides is 1. The molecule has 3 rings (SSSR count). The summed E-state index contributed by atoms with van der Waals surface area (Å²) in [5.74, 6) is 0.506. The minimum Gasteiger partial charge on any atom is -0.393 e. The van der Waals surface area contributed by atoms with Crippen molar-refractivity contribution in [1.82, 2.24) is 9.97 Å². The second-order valence-corrected chi connectivity index (χ2v) is 6.46. The standard InChI is InChI=1S/C19H21N5O2/c20-11-14-2-1-3-15(10-14)24-19(26)17-18(22-9-8-21-17)23-12-13-4-6-16(25)7-5-13/h1-3,8-10,13,16,25H,4-7,12H2,(H,22,23)(H,24,26)/t13-,16+. The largest absolute Gasteiger partial charge is 0.393 e. The highest BCUT2D eigenvalue weighted by Crippen LogP contribution is 2.24. The Morgan fingerprint density at radius 1 is 1.23 bits per heavy atom. The molecule has 0 atom stereocenters. The highest BCUT2D eigenvalue weighted by molar-refractivity contribution is 6.05. The third-order valence-corrected chi connectivity index (χ3v) is 4.54. The zero-order chi connectivity index (χ0) is 18.4. The molecule has 0 unspecified atom stereocenters. The van der Waals surface area contributed by atoms with Gasteiger partial charge < -0.3 is 15.7 Å². The average molecular weight is 351 g/mol. The molecular formula is C19H21N5O2. The summed E-state index contributed by atoms with van der Waals surface area (Å²) >= 11 is 0. The van der Waals surface area contributed by atoms with E-state index in [1.807, 2.05) is 6.07 Å². The Balaban J connectivity index is 1.66. The molecule has 0 aliphatic heterocycles. The normalized spacial score (nSPS) is 19.4. The van der Waals surface area contributed by atoms with Gasteiger partial charge in [-0.3, -0.25) is 4.79 Å². The van der Waals surface area contributed by atoms with Crippen LogP contribution in [-0.2, 0) is 0 Å². The molecule has 26 heavy (non-hydrogen) atoms. The number of rotatable bonds is 5. The molecule has 1 saturated carbocycles. The van der Waals surface area contributed by atoms with Gasteiger partial charge in [0.1, 0.15) is 0 Å². The van der Waals surface area contributed by atoms with Crippen molar-refractivity contribution >= 4 is 17.4 Å². The van der Waals surface area contributed by atoms with E-state index in [0.29, 0.717) is 29.5 Å². The molecular weight excluding hydrogens is 330 g/mol. The van der Waals surface area contributed by atoms with E-state index in [0.717, 1.165) is 25.7 Å². The van der Waals surface area contributed by atoms with Crippen molar-refractivity contribution < 1.29 is 9.90 Å². The van der Waals surface area contributed by atoms with Crippen LogP contribution in [0, 0.1) is 17.2 Å². The third kappa shape index (κ3) is 4.55. The molecule has 1 fully saturated rings. The topological polar surface area (TPSA) is 111 Å². The van der Waals surface area contributed by atoms with Crippen molar-refractivity contribution in [2.24, 2.45) is 5.92 Å². The maximum Gasteiger partial charge on any atom is 0.278 e. The first-order valence-corrected chi connectivity index (χ1v) is 8.70. The molecule has 1 aliphatic rings. The molecule has 0 bridgehead atoms. The fourth-order valence-electron chi connectivity index (χ4n) is 3.08. The number of aliphatic hydroxyl groups is 1. The number of nitriles is 1. The van der Waals surface area contributed by atoms with Crippen molar-refractivity contribution in [2.45, 2.75) is 31.8 Å². The Hall–Kier alpha value is -2.98. The summed E-state index contributed by atoms with van der Waals surface area (Å²) in [4.78, 5) is 20.9. The van der Waals surface area contributed by atoms with Gasteiger partial charge in [0.2, 0.25) is 0 Å². The van der Waals surface area contributed by atoms with E-state index in [-0.39, 0.29) is 17.7 Å². The van der Waals surface area contributed by atoms with Gasteiger partial charge in [0, 0.05) is 24.6 Å². The first kappa shape index (κ1) is 17.8. The predicted molar refractivity (Wildman–Crippen MR) is 97.6 cm³/mol. The second kappa shape index (κ2) is 8.41. The number of hydrogen-bond acceptors (Lipinski definition) is 6. The fraction of sp³-hybridized carbons (Fsp3) is 0.368. The molecule has 7 nitrogen and oxygen atoms in total. The average Bonchev–Trinajstić information content (AvgIpc) is 2.68. The monoisotopic (exact) mass is 351 g/mol. The van der Waals surface area contributed by atoms with Gasteiger partial charge in [0.05, 0.1) is 17.7 Å². The Labute approximate surface area is 152 Å². The summed E-state index contributed by atoms with van der Waals surface area (Å²) in [6.07, 6.45) is 6.37. The van der Waals surface area contributed by atoms with Crippen molar-refractivity contribution in [3.63, 3.8) is 0 Å². The number of benzene rings is 1. The lowest BCUT2D eigenvalue weighted by Gasteiger charge is -2.25. The number of nitrogens with one attached hydrogen (secondary N) is 2. The van der Waals surface area contributed by atoms with E-state index >= 15 is 0 Å². The van der Waals surface area contributed by atoms with Gasteiger partial charge in [-0.1, -0.05) is 6.07 Å². The van der Waals surface area contributed by atoms with E-state index in [1.165, 1.54) is 6.20 Å². The first-order chi connectivity index (χ1) is 12.7. The van der Waals surface area contributed by atoms with Crippen LogP contribution in [0.2, 0.25) is 0 Å². The molecule has 2 aromatic rings. The lowest BCUT2D eigenvalue weighted by molar-refractivity contribution is 0.102. The summed E-state index contributed by atoms with van der Waals surface area (Å²) in [5.41, 5.74) is 1.22. The number of hydrogen-bond donors (Lipinski definition) is 3. The van der Waals surface area contributed by atoms with Gasteiger partial charge >= 0.3 is 0 Å². The van der Waals surface area contributed by atoms with Crippen molar-refractivity contribution in [1.29, 1.82) is 5.26 Å². The summed E-state index contributed by atoms with van der Waals surface area (Å²) < 4.78 is 0. The van der Waals surface area contributed by atoms with Crippen LogP contribution >= 0.6 is 0 Å². The van der Waals surface area contributed by atoms with Crippen molar-refractivity contribution in [2.75, 3.05) is 17.2 Å². The molecule has 1 amide bonds. The molecule has 1 aromatic carbocycles. The van der Waals surface area contributed by atoms with Gasteiger partial charge in [0.15, 0.2) is 11.5 Å². The summed E-state index contributed by atoms with van der Waals surface area (Å²) in [6, 6.07) is 8.75. The van der Waals surface area contributed by atoms with Crippen LogP contribution in [-0.4, -0.2) is 33.6 Å². The van der Waals surface area contributed by atoms with Crippen LogP contribution in [0.5, 0.6) is 0 Å². The Morgan fingerprint density at radius 2 is 2.00 bits per heavy atom. The molecule has 0 radical (unpaired) electrons. The summed E-state index contributed by atoms with van der Waals surface area (Å²) in [6.45, 7) is 0.690. The Bertz CT molecular complexity index is 810. The van der Waals surface area contributed by atoms with E-state index in [2.05, 4.69) is 20.6 Å². The number of carbonyl (C=O) groups is 1. The van der Waals surface area contributed by atoms with E-state index in [4.69, 9.17) is 5.26 Å². The molecule has 0 spiro atoms. The lowest BCUT2D eigenvalue weighted by atomic mass is 9.87. The van der Waals surface area contributed by atoms with E-state index < -0.39 is 0 Å². The quantitative estimate of drug-likeness (QED) is 0.763. The van der Waals surface area contributed by atoms with Gasteiger partial charge in [-0.25, -0.2) is 9.97 Å². The van der Waals surface area contributed by atoms with Crippen LogP contribution in [0.1, 0.15) is 41.7 Å². The molecule has 134 valence electrons. The number of anilines is 2. The highest BCUT2D eigenvalue weighted by atomic mass is 16.3. The van der Waals surface area contributed by atoms with Gasteiger partial charge in [-0.2, -0.15) is 5.26 Å². The number of aromatic nitrogens is 2. The number of carbonyl (C=O) groups excluding carboxylic acids is 1. The van der Waals surface area contributed by atoms with Gasteiger partial charge in [0.25, 0.3) is 5.91 Å². The fourth-order valence-corrected chi connectivity index (χ4v) is 3.08. The van der Waals surface area contributed by atoms with Crippen LogP contribution in [0.15, 0.2) is 36.7 Å². The zero-order valence-corrected chi connectivity index (χ0v) is 14.4. The highest BCUT2D eigenvalue weighted by Gasteiger charge is 2.20. The third-order valence-electron chi connectivity index (χ3n) is 4.54. The van der Waals surface area contributed by atoms with Crippen LogP contribution < -0.4 is 10.6 Å². The minimum absolute atomic E-state index is 0.187. The van der Waals surface area contributed by atoms with Crippen LogP contribution in [0.4, 0.5) is 11.5 Å². The molecule has 7 heteroatoms. The van der Waals surface area contributed by atoms with Crippen LogP contribution in [0.3, 0.4) is 0 Å². The van der Waals surface area contributed by atoms with Crippen LogP contribution in [0.25, 0.3) is 0 Å². The lowest BCUT2D eigenvalue weighted by Crippen LogP contribution is -2.25. The molecule has 1 aromatic heterocycles. The van der Waals surface area contributed by atoms with E-state index in [9.17, 15) is 9.90 Å². The number of nitrogens with zero attached hydrogens (tertiary/aromatic N) is 3. The Morgan fingerprint density at radius 3 is 2.77 bits per heavy atom. The predicted octanol–water partition coefficient (Wildman–Crippen LogP) is 2.56. The van der Waals surface area contributed by atoms with E-state index in [1.54, 1.807) is 30.5 Å². The second-order valence-electron chi connectivity index (χ2n) is 6.46. The molecule has 1 aliphatic carbocycles. The smallest absolute Gasteiger partial charge is 0.278 e. The molecule has 3 N–H and O–H groups in total. The van der Waals surface area contributed by atoms with Crippen molar-refractivity contribution in [3.8, 4) is 6.07 Å². The van der Waals surface area contributed by atoms with Gasteiger partial charge in [-0.15, -0.1) is 0 Å². The maximum atomic E-state index is 12.6. The first-order valence-electron chi connectivity index (χ1n) is 8.70. The van der Waals surface area contributed by atoms with Gasteiger partial charge in [-0.05, 0) is 49.8 Å². The summed E-state index contributed by atoms with van der Waals surface area (Å²) in [7, 11) is 0. The summed E-state index contributed by atoms with van der Waals surface area (Å²) in [5, 5.41) is 24.5.